The molecule has 5 rings (SSSR count). The van der Waals surface area contributed by atoms with E-state index in [1.807, 2.05) is 6.20 Å². The largest absolute Gasteiger partial charge is 0.455 e. The number of hydrogen-bond donors (Lipinski definition) is 0. The number of carbonyl (C=O) groups is 3. The number of esters is 1. The Morgan fingerprint density at radius 3 is 2.63 bits per heavy atom. The quantitative estimate of drug-likeness (QED) is 0.659. The number of ether oxygens (including phenoxy) is 1. The van der Waals surface area contributed by atoms with Crippen molar-refractivity contribution in [1.29, 1.82) is 0 Å². The van der Waals surface area contributed by atoms with Gasteiger partial charge in [-0.2, -0.15) is 5.10 Å². The number of fused-ring (bicyclic) bond motifs is 6. The smallest absolute Gasteiger partial charge is 0.303 e. The molecule has 0 radical (unpaired) electrons. The highest BCUT2D eigenvalue weighted by molar-refractivity contribution is 5.92. The molecule has 1 aromatic heterocycles. The summed E-state index contributed by atoms with van der Waals surface area (Å²) in [6.07, 6.45) is 8.19. The van der Waals surface area contributed by atoms with Crippen LogP contribution in [0.3, 0.4) is 0 Å². The molecule has 3 saturated carbocycles. The number of hydrogen-bond acceptors (Lipinski definition) is 5. The molecule has 6 nitrogen and oxygen atoms in total. The van der Waals surface area contributed by atoms with Gasteiger partial charge >= 0.3 is 5.97 Å². The molecule has 4 aliphatic rings. The normalized spacial score (nSPS) is 42.0. The van der Waals surface area contributed by atoms with Crippen molar-refractivity contribution in [2.75, 3.05) is 0 Å². The summed E-state index contributed by atoms with van der Waals surface area (Å²) < 4.78 is 6.93. The average molecular weight is 413 g/mol. The van der Waals surface area contributed by atoms with E-state index in [0.717, 1.165) is 44.2 Å². The number of nitrogens with zero attached hydrogens (tertiary/aromatic N) is 2. The maximum absolute atomic E-state index is 13.1. The minimum atomic E-state index is -0.562. The number of aromatic nitrogens is 2. The minimum absolute atomic E-state index is 0.0372. The molecule has 1 unspecified atom stereocenters. The van der Waals surface area contributed by atoms with Crippen LogP contribution in [0.2, 0.25) is 0 Å². The van der Waals surface area contributed by atoms with Gasteiger partial charge in [0.05, 0.1) is 5.69 Å². The van der Waals surface area contributed by atoms with Crippen LogP contribution in [0.5, 0.6) is 0 Å². The zero-order valence-corrected chi connectivity index (χ0v) is 18.4. The lowest BCUT2D eigenvalue weighted by Crippen LogP contribution is -2.54. The number of Topliss-reactive ketones (excluding diaryl/α,β-unsaturated/α-hetero) is 1. The predicted octanol–water partition coefficient (Wildman–Crippen LogP) is 3.61. The molecule has 1 heterocycles. The summed E-state index contributed by atoms with van der Waals surface area (Å²) in [5, 5.41) is 4.56. The second kappa shape index (κ2) is 6.51. The summed E-state index contributed by atoms with van der Waals surface area (Å²) in [6, 6.07) is 0. The van der Waals surface area contributed by atoms with Crippen LogP contribution in [0.15, 0.2) is 6.20 Å². The van der Waals surface area contributed by atoms with Gasteiger partial charge in [-0.3, -0.25) is 14.4 Å². The molecule has 7 atom stereocenters. The molecular weight excluding hydrogens is 380 g/mol. The standard InChI is InChI=1S/C24H32N2O4/c1-13(27)26-12-15-11-24(4)16(9-20(15)25-26)5-6-17-18(24)7-8-23(3)19(17)10-21(22(23)29)30-14(2)28/h12,16-19,21H,5-11H2,1-4H3/t16-,17+,18?,19-,21-,23-,24-/m0/s1. The molecule has 0 aliphatic heterocycles. The van der Waals surface area contributed by atoms with Gasteiger partial charge in [-0.15, -0.1) is 0 Å². The summed E-state index contributed by atoms with van der Waals surface area (Å²) >= 11 is 0. The Bertz CT molecular complexity index is 936. The van der Waals surface area contributed by atoms with Gasteiger partial charge in [-0.1, -0.05) is 13.8 Å². The third kappa shape index (κ3) is 2.68. The monoisotopic (exact) mass is 412 g/mol. The SMILES string of the molecule is CC(=O)O[C@H]1C[C@H]2[C@@H]3CC[C@H]4Cc5nn(C(C)=O)cc5C[C@]4(C)C3CC[C@]2(C)C1=O. The van der Waals surface area contributed by atoms with Gasteiger partial charge in [0, 0.05) is 25.5 Å². The van der Waals surface area contributed by atoms with Crippen molar-refractivity contribution >= 4 is 17.7 Å². The third-order valence-electron chi connectivity index (χ3n) is 9.30. The average Bonchev–Trinajstić information content (AvgIpc) is 3.18. The first-order valence-corrected chi connectivity index (χ1v) is 11.4. The fraction of sp³-hybridized carbons (Fsp3) is 0.750. The van der Waals surface area contributed by atoms with Gasteiger partial charge in [0.15, 0.2) is 11.9 Å². The first-order chi connectivity index (χ1) is 14.1. The predicted molar refractivity (Wildman–Crippen MR) is 110 cm³/mol. The first-order valence-electron chi connectivity index (χ1n) is 11.4. The van der Waals surface area contributed by atoms with E-state index in [-0.39, 0.29) is 28.5 Å². The Labute approximate surface area is 177 Å². The molecule has 6 heteroatoms. The van der Waals surface area contributed by atoms with Crippen LogP contribution < -0.4 is 0 Å². The van der Waals surface area contributed by atoms with E-state index in [9.17, 15) is 14.4 Å². The van der Waals surface area contributed by atoms with Crippen molar-refractivity contribution in [3.05, 3.63) is 17.5 Å². The van der Waals surface area contributed by atoms with E-state index < -0.39 is 6.10 Å². The van der Waals surface area contributed by atoms with Crippen molar-refractivity contribution in [3.63, 3.8) is 0 Å². The third-order valence-corrected chi connectivity index (χ3v) is 9.30. The van der Waals surface area contributed by atoms with Gasteiger partial charge in [0.25, 0.3) is 0 Å². The van der Waals surface area contributed by atoms with Crippen molar-refractivity contribution in [3.8, 4) is 0 Å². The highest BCUT2D eigenvalue weighted by Gasteiger charge is 2.63. The van der Waals surface area contributed by atoms with Crippen LogP contribution >= 0.6 is 0 Å². The van der Waals surface area contributed by atoms with E-state index in [0.29, 0.717) is 30.1 Å². The lowest BCUT2D eigenvalue weighted by molar-refractivity contribution is -0.154. The fourth-order valence-corrected chi connectivity index (χ4v) is 7.78. The Morgan fingerprint density at radius 1 is 1.17 bits per heavy atom. The van der Waals surface area contributed by atoms with Crippen LogP contribution in [0.25, 0.3) is 0 Å². The van der Waals surface area contributed by atoms with Gasteiger partial charge < -0.3 is 4.74 Å². The minimum Gasteiger partial charge on any atom is -0.455 e. The van der Waals surface area contributed by atoms with Gasteiger partial charge in [0.2, 0.25) is 5.91 Å². The summed E-state index contributed by atoms with van der Waals surface area (Å²) in [6.45, 7) is 7.50. The van der Waals surface area contributed by atoms with E-state index in [1.165, 1.54) is 17.2 Å². The number of rotatable bonds is 1. The lowest BCUT2D eigenvalue weighted by atomic mass is 9.45. The molecule has 0 spiro atoms. The lowest BCUT2D eigenvalue weighted by Gasteiger charge is -2.59. The zero-order chi connectivity index (χ0) is 21.4. The molecule has 4 aliphatic carbocycles. The number of ketones is 1. The maximum Gasteiger partial charge on any atom is 0.303 e. The topological polar surface area (TPSA) is 78.3 Å². The van der Waals surface area contributed by atoms with Crippen LogP contribution in [0.1, 0.15) is 75.9 Å². The molecule has 1 aromatic rings. The molecule has 3 fully saturated rings. The van der Waals surface area contributed by atoms with Crippen LogP contribution in [0.4, 0.5) is 0 Å². The summed E-state index contributed by atoms with van der Waals surface area (Å²) in [5.74, 6) is 1.68. The van der Waals surface area contributed by atoms with Crippen molar-refractivity contribution < 1.29 is 19.1 Å². The molecular formula is C24H32N2O4. The van der Waals surface area contributed by atoms with Crippen molar-refractivity contribution in [2.45, 2.75) is 78.7 Å². The van der Waals surface area contributed by atoms with E-state index >= 15 is 0 Å². The molecule has 0 bridgehead atoms. The van der Waals surface area contributed by atoms with Crippen LogP contribution in [-0.4, -0.2) is 33.5 Å². The Kier molecular flexibility index (Phi) is 4.33. The highest BCUT2D eigenvalue weighted by Crippen LogP contribution is 2.65. The van der Waals surface area contributed by atoms with Crippen molar-refractivity contribution in [1.82, 2.24) is 9.78 Å². The Balaban J connectivity index is 1.45. The second-order valence-electron chi connectivity index (χ2n) is 10.8. The van der Waals surface area contributed by atoms with Crippen LogP contribution in [0, 0.1) is 34.5 Å². The molecule has 0 aromatic carbocycles. The Hall–Kier alpha value is -1.98. The highest BCUT2D eigenvalue weighted by atomic mass is 16.5. The van der Waals surface area contributed by atoms with Gasteiger partial charge in [-0.05, 0) is 79.6 Å². The number of carbonyl (C=O) groups excluding carboxylic acids is 3. The van der Waals surface area contributed by atoms with E-state index in [2.05, 4.69) is 18.9 Å². The summed E-state index contributed by atoms with van der Waals surface area (Å²) in [4.78, 5) is 36.5. The second-order valence-corrected chi connectivity index (χ2v) is 10.8. The molecule has 0 amide bonds. The molecule has 0 saturated heterocycles. The summed E-state index contributed by atoms with van der Waals surface area (Å²) in [7, 11) is 0. The first kappa shape index (κ1) is 20.0. The van der Waals surface area contributed by atoms with Gasteiger partial charge in [-0.25, -0.2) is 4.68 Å². The zero-order valence-electron chi connectivity index (χ0n) is 18.4. The Morgan fingerprint density at radius 2 is 1.93 bits per heavy atom. The molecule has 30 heavy (non-hydrogen) atoms. The van der Waals surface area contributed by atoms with Crippen LogP contribution in [-0.2, 0) is 27.2 Å². The summed E-state index contributed by atoms with van der Waals surface area (Å²) in [5.41, 5.74) is 2.13. The molecule has 0 N–H and O–H groups in total. The van der Waals surface area contributed by atoms with Gasteiger partial charge in [0.1, 0.15) is 0 Å². The fourth-order valence-electron chi connectivity index (χ4n) is 7.78. The molecule has 162 valence electrons. The van der Waals surface area contributed by atoms with E-state index in [4.69, 9.17) is 4.74 Å². The van der Waals surface area contributed by atoms with E-state index in [1.54, 1.807) is 6.92 Å². The maximum atomic E-state index is 13.1. The van der Waals surface area contributed by atoms with Crippen molar-refractivity contribution in [2.24, 2.45) is 34.5 Å².